The Morgan fingerprint density at radius 3 is 2.22 bits per heavy atom. The van der Waals surface area contributed by atoms with Crippen LogP contribution in [-0.2, 0) is 6.42 Å². The van der Waals surface area contributed by atoms with E-state index in [0.717, 1.165) is 17.6 Å². The van der Waals surface area contributed by atoms with Crippen molar-refractivity contribution in [2.75, 3.05) is 0 Å². The van der Waals surface area contributed by atoms with Crippen LogP contribution in [0.5, 0.6) is 0 Å². The second kappa shape index (κ2) is 11.8. The van der Waals surface area contributed by atoms with Crippen LogP contribution in [0.4, 0.5) is 0 Å². The third-order valence-corrected chi connectivity index (χ3v) is 13.5. The van der Waals surface area contributed by atoms with Crippen molar-refractivity contribution in [1.29, 1.82) is 0 Å². The number of fused-ring (bicyclic) bond motifs is 12. The molecule has 54 heavy (non-hydrogen) atoms. The van der Waals surface area contributed by atoms with E-state index in [2.05, 4.69) is 174 Å². The Morgan fingerprint density at radius 2 is 1.44 bits per heavy atom. The highest BCUT2D eigenvalue weighted by Gasteiger charge is 2.52. The summed E-state index contributed by atoms with van der Waals surface area (Å²) >= 11 is 1.85. The summed E-state index contributed by atoms with van der Waals surface area (Å²) in [7, 11) is 0. The fraction of sp³-hybridized carbons (Fsp3) is 0.240. The van der Waals surface area contributed by atoms with Crippen LogP contribution in [0.1, 0.15) is 77.0 Å². The van der Waals surface area contributed by atoms with Crippen LogP contribution in [0.15, 0.2) is 120 Å². The maximum Gasteiger partial charge on any atom is 0.217 e. The molecular formula is C50H46N2OS+2. The standard InChI is InChI=1S/C50H46N2OS/c1-9-40-44(35-18-11-10-17-34(35)41-19-12-13-24-51(40)41)46-38-23-22-36-37-21-20-33-30(4)31(5)54-49(33)48(37)53-47(36)45(38)42-25-32(26-50(6,7)8)39(27-52(42)46)43-28(2)15-14-16-29(43)3/h9-25,27,40,44,46H,1,26H2,2-8H3/q+2. The van der Waals surface area contributed by atoms with E-state index in [1.54, 1.807) is 0 Å². The molecule has 4 aromatic carbocycles. The monoisotopic (exact) mass is 722 g/mol. The first-order chi connectivity index (χ1) is 26.0. The zero-order valence-electron chi connectivity index (χ0n) is 32.2. The van der Waals surface area contributed by atoms with E-state index in [1.807, 2.05) is 11.3 Å². The van der Waals surface area contributed by atoms with Gasteiger partial charge in [-0.15, -0.1) is 11.3 Å². The van der Waals surface area contributed by atoms with E-state index >= 15 is 0 Å². The summed E-state index contributed by atoms with van der Waals surface area (Å²) in [6.45, 7) is 20.6. The van der Waals surface area contributed by atoms with Gasteiger partial charge in [0.2, 0.25) is 11.4 Å². The van der Waals surface area contributed by atoms with Gasteiger partial charge in [-0.25, -0.2) is 0 Å². The van der Waals surface area contributed by atoms with Crippen molar-refractivity contribution in [3.05, 3.63) is 154 Å². The second-order valence-corrected chi connectivity index (χ2v) is 18.1. The minimum atomic E-state index is -0.00405. The number of furan rings is 1. The molecule has 2 aliphatic rings. The predicted octanol–water partition coefficient (Wildman–Crippen LogP) is 12.6. The van der Waals surface area contributed by atoms with Crippen molar-refractivity contribution in [2.24, 2.45) is 5.41 Å². The highest BCUT2D eigenvalue weighted by atomic mass is 32.1. The number of benzene rings is 4. The number of pyridine rings is 2. The van der Waals surface area contributed by atoms with Gasteiger partial charge in [0, 0.05) is 45.0 Å². The smallest absolute Gasteiger partial charge is 0.217 e. The fourth-order valence-electron chi connectivity index (χ4n) is 9.90. The van der Waals surface area contributed by atoms with Crippen molar-refractivity contribution in [3.63, 3.8) is 0 Å². The third-order valence-electron chi connectivity index (χ3n) is 12.3. The van der Waals surface area contributed by atoms with Gasteiger partial charge in [-0.1, -0.05) is 75.9 Å². The Labute approximate surface area is 321 Å². The average Bonchev–Trinajstić information content (AvgIpc) is 3.78. The number of hydrogen-bond acceptors (Lipinski definition) is 2. The van der Waals surface area contributed by atoms with E-state index in [1.165, 1.54) is 92.8 Å². The summed E-state index contributed by atoms with van der Waals surface area (Å²) in [5.74, 6) is 0.0824. The molecule has 0 saturated heterocycles. The lowest BCUT2D eigenvalue weighted by Crippen LogP contribution is -2.52. The number of allylic oxidation sites excluding steroid dienone is 1. The van der Waals surface area contributed by atoms with Crippen molar-refractivity contribution in [2.45, 2.75) is 72.9 Å². The van der Waals surface area contributed by atoms with Gasteiger partial charge in [0.25, 0.3) is 0 Å². The minimum absolute atomic E-state index is 0.00405. The van der Waals surface area contributed by atoms with Crippen LogP contribution >= 0.6 is 11.3 Å². The molecule has 266 valence electrons. The minimum Gasteiger partial charge on any atom is -0.454 e. The third kappa shape index (κ3) is 4.72. The van der Waals surface area contributed by atoms with Gasteiger partial charge >= 0.3 is 0 Å². The lowest BCUT2D eigenvalue weighted by atomic mass is 9.76. The molecule has 8 aromatic rings. The summed E-state index contributed by atoms with van der Waals surface area (Å²) in [5, 5.41) is 3.67. The fourth-order valence-corrected chi connectivity index (χ4v) is 11.0. The number of aromatic nitrogens is 2. The molecule has 4 heteroatoms. The highest BCUT2D eigenvalue weighted by Crippen LogP contribution is 2.53. The van der Waals surface area contributed by atoms with Gasteiger partial charge in [0.1, 0.15) is 11.5 Å². The van der Waals surface area contributed by atoms with Crippen LogP contribution in [0, 0.1) is 33.1 Å². The van der Waals surface area contributed by atoms with Crippen LogP contribution in [-0.4, -0.2) is 0 Å². The van der Waals surface area contributed by atoms with E-state index in [-0.39, 0.29) is 23.4 Å². The number of rotatable bonds is 4. The zero-order valence-corrected chi connectivity index (χ0v) is 33.1. The maximum atomic E-state index is 7.21. The largest absolute Gasteiger partial charge is 0.454 e. The Balaban J connectivity index is 1.33. The van der Waals surface area contributed by atoms with Gasteiger partial charge < -0.3 is 4.42 Å². The van der Waals surface area contributed by atoms with Crippen molar-refractivity contribution in [3.8, 4) is 33.6 Å². The molecule has 0 amide bonds. The summed E-state index contributed by atoms with van der Waals surface area (Å²) < 4.78 is 13.5. The van der Waals surface area contributed by atoms with E-state index in [9.17, 15) is 0 Å². The molecule has 0 aliphatic carbocycles. The molecule has 3 atom stereocenters. The first-order valence-corrected chi connectivity index (χ1v) is 20.1. The van der Waals surface area contributed by atoms with Crippen LogP contribution < -0.4 is 9.13 Å². The number of nitrogens with zero attached hydrogens (tertiary/aromatic N) is 2. The summed E-state index contributed by atoms with van der Waals surface area (Å²) in [6.07, 6.45) is 7.86. The lowest BCUT2D eigenvalue weighted by Gasteiger charge is -2.31. The molecule has 3 unspecified atom stereocenters. The molecule has 4 aromatic heterocycles. The molecule has 3 nitrogen and oxygen atoms in total. The highest BCUT2D eigenvalue weighted by molar-refractivity contribution is 7.20. The molecule has 2 aliphatic heterocycles. The average molecular weight is 723 g/mol. The van der Waals surface area contributed by atoms with Crippen LogP contribution in [0.25, 0.3) is 65.7 Å². The molecule has 10 rings (SSSR count). The normalized spacial score (nSPS) is 17.5. The van der Waals surface area contributed by atoms with Crippen LogP contribution in [0.3, 0.4) is 0 Å². The van der Waals surface area contributed by atoms with E-state index < -0.39 is 0 Å². The Kier molecular flexibility index (Phi) is 7.29. The molecule has 0 radical (unpaired) electrons. The Bertz CT molecular complexity index is 2860. The lowest BCUT2D eigenvalue weighted by molar-refractivity contribution is -0.739. The number of aryl methyl sites for hydroxylation is 4. The van der Waals surface area contributed by atoms with Gasteiger partial charge in [-0.05, 0) is 109 Å². The molecule has 0 saturated carbocycles. The van der Waals surface area contributed by atoms with E-state index in [4.69, 9.17) is 4.42 Å². The molecule has 0 N–H and O–H groups in total. The van der Waals surface area contributed by atoms with Gasteiger partial charge in [0.05, 0.1) is 15.8 Å². The Hall–Kier alpha value is -5.32. The van der Waals surface area contributed by atoms with Crippen molar-refractivity contribution < 1.29 is 13.6 Å². The first kappa shape index (κ1) is 33.3. The van der Waals surface area contributed by atoms with Gasteiger partial charge in [-0.3, -0.25) is 0 Å². The second-order valence-electron chi connectivity index (χ2n) is 16.9. The molecule has 0 spiro atoms. The van der Waals surface area contributed by atoms with Gasteiger partial charge in [0.15, 0.2) is 30.1 Å². The summed E-state index contributed by atoms with van der Waals surface area (Å²) in [6, 6.07) is 34.2. The molecule has 6 heterocycles. The Morgan fingerprint density at radius 1 is 0.722 bits per heavy atom. The van der Waals surface area contributed by atoms with Crippen molar-refractivity contribution in [1.82, 2.24) is 0 Å². The number of thiophene rings is 1. The van der Waals surface area contributed by atoms with Crippen LogP contribution in [0.2, 0.25) is 0 Å². The summed E-state index contributed by atoms with van der Waals surface area (Å²) in [5.41, 5.74) is 17.7. The predicted molar refractivity (Wildman–Crippen MR) is 224 cm³/mol. The van der Waals surface area contributed by atoms with Crippen molar-refractivity contribution >= 4 is 43.4 Å². The topological polar surface area (TPSA) is 20.9 Å². The van der Waals surface area contributed by atoms with Gasteiger partial charge in [-0.2, -0.15) is 9.13 Å². The number of hydrogen-bond donors (Lipinski definition) is 0. The summed E-state index contributed by atoms with van der Waals surface area (Å²) in [4.78, 5) is 1.35. The zero-order chi connectivity index (χ0) is 37.2. The maximum absolute atomic E-state index is 7.21. The first-order valence-electron chi connectivity index (χ1n) is 19.3. The molecule has 0 fully saturated rings. The molecule has 0 bridgehead atoms. The van der Waals surface area contributed by atoms with E-state index in [0.29, 0.717) is 0 Å². The quantitative estimate of drug-likeness (QED) is 0.131. The SMILES string of the molecule is C=CC1C(C2c3ccc4c(oc5c4ccc4c(C)c(C)sc45)c3-c3cc(CC(C)(C)C)c(-c4c(C)cccc4C)c[n+]32)c2ccccc2-c2cccc[n+]21. The molecular weight excluding hydrogens is 677 g/mol.